The van der Waals surface area contributed by atoms with Crippen LogP contribution >= 0.6 is 0 Å². The number of rotatable bonds is 3. The fourth-order valence-electron chi connectivity index (χ4n) is 4.00. The molecule has 1 aliphatic carbocycles. The molecule has 4 rings (SSSR count). The molecule has 2 aliphatic rings. The lowest BCUT2D eigenvalue weighted by Gasteiger charge is -2.42. The molecule has 1 aromatic carbocycles. The van der Waals surface area contributed by atoms with Crippen molar-refractivity contribution in [1.29, 1.82) is 0 Å². The number of nitrogens with one attached hydrogen (secondary N) is 2. The molecule has 0 spiro atoms. The van der Waals surface area contributed by atoms with Crippen LogP contribution in [0.5, 0.6) is 0 Å². The normalized spacial score (nSPS) is 20.7. The van der Waals surface area contributed by atoms with E-state index in [-0.39, 0.29) is 12.1 Å². The summed E-state index contributed by atoms with van der Waals surface area (Å²) in [6.07, 6.45) is 7.29. The van der Waals surface area contributed by atoms with E-state index in [2.05, 4.69) is 21.6 Å². The number of carbonyl (C=O) groups excluding carboxylic acids is 1. The van der Waals surface area contributed by atoms with E-state index in [1.165, 1.54) is 25.7 Å². The number of nitrogens with zero attached hydrogens (tertiary/aromatic N) is 2. The van der Waals surface area contributed by atoms with Gasteiger partial charge in [0.05, 0.1) is 17.8 Å². The minimum absolute atomic E-state index is 0.00679. The molecule has 5 heteroatoms. The van der Waals surface area contributed by atoms with Crippen molar-refractivity contribution in [3.8, 4) is 0 Å². The van der Waals surface area contributed by atoms with Gasteiger partial charge in [0, 0.05) is 18.5 Å². The lowest BCUT2D eigenvalue weighted by molar-refractivity contribution is 0.0837. The van der Waals surface area contributed by atoms with Crippen molar-refractivity contribution in [2.24, 2.45) is 11.8 Å². The van der Waals surface area contributed by atoms with Gasteiger partial charge < -0.3 is 10.2 Å². The van der Waals surface area contributed by atoms with Gasteiger partial charge in [-0.3, -0.25) is 5.10 Å². The third kappa shape index (κ3) is 2.80. The van der Waals surface area contributed by atoms with Crippen LogP contribution in [0.15, 0.2) is 24.4 Å². The molecule has 2 fully saturated rings. The summed E-state index contributed by atoms with van der Waals surface area (Å²) in [6.45, 7) is 3.90. The molecule has 2 N–H and O–H groups in total. The summed E-state index contributed by atoms with van der Waals surface area (Å²) in [5, 5.41) is 11.2. The molecule has 122 valence electrons. The lowest BCUT2D eigenvalue weighted by atomic mass is 9.85. The standard InChI is InChI=1S/C18H24N4O/c1-12(14-6-7-17-15(8-14)9-19-21-17)20-18(23)22-10-16(11-22)13-4-2-3-5-13/h6-9,12-13,16H,2-5,10-11H2,1H3,(H,19,21)(H,20,23). The molecule has 0 bridgehead atoms. The number of fused-ring (bicyclic) bond motifs is 1. The Bertz CT molecular complexity index is 698. The molecule has 5 nitrogen and oxygen atoms in total. The molecular weight excluding hydrogens is 288 g/mol. The lowest BCUT2D eigenvalue weighted by Crippen LogP contribution is -2.55. The number of H-pyrrole nitrogens is 1. The number of hydrogen-bond acceptors (Lipinski definition) is 2. The number of aromatic amines is 1. The van der Waals surface area contributed by atoms with E-state index in [1.54, 1.807) is 0 Å². The summed E-state index contributed by atoms with van der Waals surface area (Å²) in [7, 11) is 0. The van der Waals surface area contributed by atoms with Crippen molar-refractivity contribution >= 4 is 16.9 Å². The summed E-state index contributed by atoms with van der Waals surface area (Å²) in [5.41, 5.74) is 2.13. The minimum Gasteiger partial charge on any atom is -0.331 e. The second-order valence-corrected chi connectivity index (χ2v) is 7.10. The highest BCUT2D eigenvalue weighted by molar-refractivity contribution is 5.79. The maximum Gasteiger partial charge on any atom is 0.317 e. The van der Waals surface area contributed by atoms with Gasteiger partial charge in [-0.1, -0.05) is 31.7 Å². The van der Waals surface area contributed by atoms with Crippen LogP contribution in [0.1, 0.15) is 44.2 Å². The summed E-state index contributed by atoms with van der Waals surface area (Å²) < 4.78 is 0. The van der Waals surface area contributed by atoms with Crippen LogP contribution in [-0.2, 0) is 0 Å². The first-order valence-electron chi connectivity index (χ1n) is 8.69. The van der Waals surface area contributed by atoms with E-state index >= 15 is 0 Å². The molecule has 1 aromatic heterocycles. The zero-order chi connectivity index (χ0) is 15.8. The van der Waals surface area contributed by atoms with E-state index in [1.807, 2.05) is 30.2 Å². The molecule has 1 saturated heterocycles. The summed E-state index contributed by atoms with van der Waals surface area (Å²) in [5.74, 6) is 1.60. The van der Waals surface area contributed by atoms with Crippen molar-refractivity contribution in [1.82, 2.24) is 20.4 Å². The largest absolute Gasteiger partial charge is 0.331 e. The number of benzene rings is 1. The molecule has 0 radical (unpaired) electrons. The van der Waals surface area contributed by atoms with Gasteiger partial charge in [-0.2, -0.15) is 5.10 Å². The smallest absolute Gasteiger partial charge is 0.317 e. The van der Waals surface area contributed by atoms with Crippen molar-refractivity contribution < 1.29 is 4.79 Å². The van der Waals surface area contributed by atoms with Crippen molar-refractivity contribution in [2.45, 2.75) is 38.6 Å². The molecule has 23 heavy (non-hydrogen) atoms. The predicted octanol–water partition coefficient (Wildman–Crippen LogP) is 3.46. The minimum atomic E-state index is 0.00679. The number of aromatic nitrogens is 2. The molecule has 1 unspecified atom stereocenters. The Balaban J connectivity index is 1.33. The number of hydrogen-bond donors (Lipinski definition) is 2. The van der Waals surface area contributed by atoms with Gasteiger partial charge >= 0.3 is 6.03 Å². The van der Waals surface area contributed by atoms with Gasteiger partial charge in [-0.05, 0) is 36.5 Å². The second-order valence-electron chi connectivity index (χ2n) is 7.10. The van der Waals surface area contributed by atoms with Crippen LogP contribution in [0, 0.1) is 11.8 Å². The van der Waals surface area contributed by atoms with E-state index < -0.39 is 0 Å². The van der Waals surface area contributed by atoms with E-state index in [0.717, 1.165) is 41.4 Å². The average Bonchev–Trinajstić information content (AvgIpc) is 3.16. The Hall–Kier alpha value is -2.04. The predicted molar refractivity (Wildman–Crippen MR) is 90.1 cm³/mol. The van der Waals surface area contributed by atoms with Crippen LogP contribution in [0.25, 0.3) is 10.9 Å². The molecule has 2 amide bonds. The third-order valence-electron chi connectivity index (χ3n) is 5.57. The summed E-state index contributed by atoms with van der Waals surface area (Å²) in [6, 6.07) is 6.22. The van der Waals surface area contributed by atoms with Gasteiger partial charge in [-0.25, -0.2) is 4.79 Å². The first-order chi connectivity index (χ1) is 11.2. The van der Waals surface area contributed by atoms with Crippen LogP contribution < -0.4 is 5.32 Å². The molecular formula is C18H24N4O. The van der Waals surface area contributed by atoms with Crippen LogP contribution in [0.3, 0.4) is 0 Å². The molecule has 1 aliphatic heterocycles. The van der Waals surface area contributed by atoms with Crippen molar-refractivity contribution in [2.75, 3.05) is 13.1 Å². The zero-order valence-corrected chi connectivity index (χ0v) is 13.6. The monoisotopic (exact) mass is 312 g/mol. The van der Waals surface area contributed by atoms with Crippen molar-refractivity contribution in [3.05, 3.63) is 30.0 Å². The zero-order valence-electron chi connectivity index (χ0n) is 13.6. The number of amides is 2. The van der Waals surface area contributed by atoms with Gasteiger partial charge in [-0.15, -0.1) is 0 Å². The average molecular weight is 312 g/mol. The highest BCUT2D eigenvalue weighted by Crippen LogP contribution is 2.36. The molecule has 1 saturated carbocycles. The Morgan fingerprint density at radius 3 is 2.87 bits per heavy atom. The third-order valence-corrected chi connectivity index (χ3v) is 5.57. The Morgan fingerprint density at radius 2 is 2.09 bits per heavy atom. The second kappa shape index (κ2) is 5.87. The maximum atomic E-state index is 12.4. The first-order valence-corrected chi connectivity index (χ1v) is 8.69. The first kappa shape index (κ1) is 14.5. The van der Waals surface area contributed by atoms with E-state index in [9.17, 15) is 4.79 Å². The van der Waals surface area contributed by atoms with Crippen molar-refractivity contribution in [3.63, 3.8) is 0 Å². The van der Waals surface area contributed by atoms with E-state index in [0.29, 0.717) is 0 Å². The highest BCUT2D eigenvalue weighted by atomic mass is 16.2. The Kier molecular flexibility index (Phi) is 3.71. The number of carbonyl (C=O) groups is 1. The molecule has 1 atom stereocenters. The van der Waals surface area contributed by atoms with Gasteiger partial charge in [0.15, 0.2) is 0 Å². The Labute approximate surface area is 136 Å². The van der Waals surface area contributed by atoms with Gasteiger partial charge in [0.25, 0.3) is 0 Å². The SMILES string of the molecule is CC(NC(=O)N1CC(C2CCCC2)C1)c1ccc2[nH]ncc2c1. The van der Waals surface area contributed by atoms with E-state index in [4.69, 9.17) is 0 Å². The number of urea groups is 1. The quantitative estimate of drug-likeness (QED) is 0.912. The van der Waals surface area contributed by atoms with Crippen LogP contribution in [-0.4, -0.2) is 34.2 Å². The fraction of sp³-hybridized carbons (Fsp3) is 0.556. The van der Waals surface area contributed by atoms with Gasteiger partial charge in [0.2, 0.25) is 0 Å². The molecule has 2 heterocycles. The fourth-order valence-corrected chi connectivity index (χ4v) is 4.00. The summed E-state index contributed by atoms with van der Waals surface area (Å²) in [4.78, 5) is 14.3. The topological polar surface area (TPSA) is 61.0 Å². The maximum absolute atomic E-state index is 12.4. The van der Waals surface area contributed by atoms with Crippen LogP contribution in [0.4, 0.5) is 4.79 Å². The highest BCUT2D eigenvalue weighted by Gasteiger charge is 2.37. The Morgan fingerprint density at radius 1 is 1.30 bits per heavy atom. The number of likely N-dealkylation sites (tertiary alicyclic amines) is 1. The van der Waals surface area contributed by atoms with Crippen LogP contribution in [0.2, 0.25) is 0 Å². The van der Waals surface area contributed by atoms with Gasteiger partial charge in [0.1, 0.15) is 0 Å². The molecule has 2 aromatic rings. The summed E-state index contributed by atoms with van der Waals surface area (Å²) >= 11 is 0.